The zero-order valence-corrected chi connectivity index (χ0v) is 17.7. The first-order valence-corrected chi connectivity index (χ1v) is 10.8. The second kappa shape index (κ2) is 10.9. The van der Waals surface area contributed by atoms with Gasteiger partial charge >= 0.3 is 11.9 Å². The smallest absolute Gasteiger partial charge is 0.328 e. The molecule has 8 heteroatoms. The Hall–Kier alpha value is -2.97. The summed E-state index contributed by atoms with van der Waals surface area (Å²) in [7, 11) is 0. The molecule has 31 heavy (non-hydrogen) atoms. The molecule has 2 aromatic carbocycles. The third-order valence-electron chi connectivity index (χ3n) is 5.15. The summed E-state index contributed by atoms with van der Waals surface area (Å²) in [6, 6.07) is 15.6. The van der Waals surface area contributed by atoms with Gasteiger partial charge in [0.25, 0.3) is 0 Å². The van der Waals surface area contributed by atoms with Crippen LogP contribution in [0.5, 0.6) is 11.5 Å². The van der Waals surface area contributed by atoms with Crippen LogP contribution in [0.2, 0.25) is 0 Å². The highest BCUT2D eigenvalue weighted by molar-refractivity contribution is 7.99. The minimum Gasteiger partial charge on any atom is -0.508 e. The van der Waals surface area contributed by atoms with Crippen molar-refractivity contribution >= 4 is 23.7 Å². The molecule has 3 N–H and O–H groups in total. The molecule has 3 aliphatic heterocycles. The minimum absolute atomic E-state index is 0.301. The summed E-state index contributed by atoms with van der Waals surface area (Å²) in [5.41, 5.74) is 0. The largest absolute Gasteiger partial charge is 0.508 e. The number of carboxylic acids is 2. The molecule has 5 rings (SSSR count). The SMILES string of the molecule is O=C(O)C=CC(=O)O.Oc1ccc(Sc2ccc(O[C@H]3CN4CCC3CC4)cc2)cc1. The van der Waals surface area contributed by atoms with Gasteiger partial charge in [0.2, 0.25) is 0 Å². The Bertz CT molecular complexity index is 889. The number of piperidine rings is 3. The molecule has 3 fully saturated rings. The van der Waals surface area contributed by atoms with E-state index in [-0.39, 0.29) is 0 Å². The summed E-state index contributed by atoms with van der Waals surface area (Å²) >= 11 is 1.69. The van der Waals surface area contributed by atoms with E-state index in [9.17, 15) is 14.7 Å². The van der Waals surface area contributed by atoms with Crippen LogP contribution in [0.15, 0.2) is 70.5 Å². The quantitative estimate of drug-likeness (QED) is 0.580. The number of carboxylic acid groups (broad SMARTS) is 2. The van der Waals surface area contributed by atoms with Crippen molar-refractivity contribution in [1.82, 2.24) is 4.90 Å². The number of nitrogens with zero attached hydrogens (tertiary/aromatic N) is 1. The van der Waals surface area contributed by atoms with E-state index in [1.165, 1.54) is 30.8 Å². The summed E-state index contributed by atoms with van der Waals surface area (Å²) in [6.45, 7) is 3.56. The fraction of sp³-hybridized carbons (Fsp3) is 0.304. The van der Waals surface area contributed by atoms with Crippen molar-refractivity contribution in [2.75, 3.05) is 19.6 Å². The Morgan fingerprint density at radius 1 is 0.903 bits per heavy atom. The summed E-state index contributed by atoms with van der Waals surface area (Å²) < 4.78 is 6.23. The van der Waals surface area contributed by atoms with Crippen LogP contribution in [-0.4, -0.2) is 57.9 Å². The maximum absolute atomic E-state index is 9.55. The van der Waals surface area contributed by atoms with Crippen molar-refractivity contribution < 1.29 is 29.6 Å². The molecule has 2 bridgehead atoms. The number of hydrogen-bond acceptors (Lipinski definition) is 6. The highest BCUT2D eigenvalue weighted by Gasteiger charge is 2.35. The van der Waals surface area contributed by atoms with Gasteiger partial charge in [-0.25, -0.2) is 9.59 Å². The lowest BCUT2D eigenvalue weighted by molar-refractivity contribution is -0.134. The van der Waals surface area contributed by atoms with Gasteiger partial charge in [0.1, 0.15) is 17.6 Å². The Morgan fingerprint density at radius 3 is 1.87 bits per heavy atom. The zero-order chi connectivity index (χ0) is 22.2. The molecule has 3 aliphatic rings. The van der Waals surface area contributed by atoms with E-state index in [1.54, 1.807) is 23.9 Å². The van der Waals surface area contributed by atoms with Crippen molar-refractivity contribution in [3.63, 3.8) is 0 Å². The second-order valence-electron chi connectivity index (χ2n) is 7.37. The number of phenolic OH excluding ortho intramolecular Hbond substituents is 1. The van der Waals surface area contributed by atoms with Gasteiger partial charge in [0.15, 0.2) is 0 Å². The number of aromatic hydroxyl groups is 1. The first kappa shape index (κ1) is 22.7. The first-order valence-electron chi connectivity index (χ1n) is 9.99. The van der Waals surface area contributed by atoms with Gasteiger partial charge < -0.3 is 20.1 Å². The molecule has 0 aliphatic carbocycles. The van der Waals surface area contributed by atoms with Crippen LogP contribution in [0.1, 0.15) is 12.8 Å². The monoisotopic (exact) mass is 443 g/mol. The van der Waals surface area contributed by atoms with Crippen LogP contribution >= 0.6 is 11.8 Å². The average Bonchev–Trinajstić information content (AvgIpc) is 2.77. The lowest BCUT2D eigenvalue weighted by Gasteiger charge is -2.44. The van der Waals surface area contributed by atoms with E-state index in [4.69, 9.17) is 14.9 Å². The van der Waals surface area contributed by atoms with Crippen molar-refractivity contribution in [1.29, 1.82) is 0 Å². The third kappa shape index (κ3) is 7.34. The van der Waals surface area contributed by atoms with Crippen LogP contribution in [0.25, 0.3) is 0 Å². The first-order chi connectivity index (χ1) is 14.9. The number of aliphatic carboxylic acids is 2. The number of benzene rings is 2. The predicted molar refractivity (Wildman–Crippen MR) is 117 cm³/mol. The van der Waals surface area contributed by atoms with Crippen molar-refractivity contribution in [3.05, 3.63) is 60.7 Å². The van der Waals surface area contributed by atoms with Crippen LogP contribution in [0.4, 0.5) is 0 Å². The molecule has 3 heterocycles. The van der Waals surface area contributed by atoms with Crippen LogP contribution in [0, 0.1) is 5.92 Å². The predicted octanol–water partition coefficient (Wildman–Crippen LogP) is 3.73. The third-order valence-corrected chi connectivity index (χ3v) is 6.16. The summed E-state index contributed by atoms with van der Waals surface area (Å²) in [6.07, 6.45) is 4.02. The molecule has 164 valence electrons. The van der Waals surface area contributed by atoms with Crippen molar-refractivity contribution in [2.45, 2.75) is 28.7 Å². The zero-order valence-electron chi connectivity index (χ0n) is 16.9. The van der Waals surface area contributed by atoms with Crippen LogP contribution < -0.4 is 4.74 Å². The van der Waals surface area contributed by atoms with Gasteiger partial charge in [-0.3, -0.25) is 4.90 Å². The van der Waals surface area contributed by atoms with Gasteiger partial charge in [0.05, 0.1) is 0 Å². The Balaban J connectivity index is 0.000000293. The Kier molecular flexibility index (Phi) is 7.97. The van der Waals surface area contributed by atoms with E-state index in [1.807, 2.05) is 12.1 Å². The van der Waals surface area contributed by atoms with Gasteiger partial charge in [-0.15, -0.1) is 0 Å². The highest BCUT2D eigenvalue weighted by Crippen LogP contribution is 2.33. The summed E-state index contributed by atoms with van der Waals surface area (Å²) in [5, 5.41) is 25.0. The van der Waals surface area contributed by atoms with Crippen LogP contribution in [-0.2, 0) is 9.59 Å². The van der Waals surface area contributed by atoms with Gasteiger partial charge in [-0.2, -0.15) is 0 Å². The average molecular weight is 444 g/mol. The number of hydrogen-bond donors (Lipinski definition) is 3. The lowest BCUT2D eigenvalue weighted by Crippen LogP contribution is -2.52. The molecular formula is C23H25NO6S. The molecule has 2 aromatic rings. The molecule has 0 radical (unpaired) electrons. The lowest BCUT2D eigenvalue weighted by atomic mass is 9.86. The summed E-state index contributed by atoms with van der Waals surface area (Å²) in [5.74, 6) is -0.514. The van der Waals surface area contributed by atoms with Gasteiger partial charge in [-0.1, -0.05) is 11.8 Å². The minimum atomic E-state index is -1.26. The van der Waals surface area contributed by atoms with E-state index in [0.29, 0.717) is 24.0 Å². The fourth-order valence-electron chi connectivity index (χ4n) is 3.60. The molecule has 1 atom stereocenters. The molecule has 0 spiro atoms. The molecule has 0 amide bonds. The maximum atomic E-state index is 9.55. The van der Waals surface area contributed by atoms with Crippen LogP contribution in [0.3, 0.4) is 0 Å². The van der Waals surface area contributed by atoms with Gasteiger partial charge in [0, 0.05) is 28.5 Å². The molecule has 3 saturated heterocycles. The second-order valence-corrected chi connectivity index (χ2v) is 8.52. The highest BCUT2D eigenvalue weighted by atomic mass is 32.2. The number of rotatable bonds is 6. The molecule has 7 nitrogen and oxygen atoms in total. The Labute approximate surface area is 185 Å². The van der Waals surface area contributed by atoms with E-state index in [0.717, 1.165) is 23.1 Å². The van der Waals surface area contributed by atoms with Gasteiger partial charge in [-0.05, 0) is 80.4 Å². The molecule has 0 unspecified atom stereocenters. The summed E-state index contributed by atoms with van der Waals surface area (Å²) in [4.78, 5) is 23.9. The van der Waals surface area contributed by atoms with Crippen molar-refractivity contribution in [3.8, 4) is 11.5 Å². The molecule has 0 aromatic heterocycles. The van der Waals surface area contributed by atoms with Crippen molar-refractivity contribution in [2.24, 2.45) is 5.92 Å². The topological polar surface area (TPSA) is 107 Å². The van der Waals surface area contributed by atoms with E-state index in [2.05, 4.69) is 29.2 Å². The fourth-order valence-corrected chi connectivity index (χ4v) is 4.41. The number of carbonyl (C=O) groups is 2. The normalized spacial score (nSPS) is 21.9. The number of ether oxygens (including phenoxy) is 1. The van der Waals surface area contributed by atoms with E-state index < -0.39 is 11.9 Å². The molecule has 0 saturated carbocycles. The maximum Gasteiger partial charge on any atom is 0.328 e. The van der Waals surface area contributed by atoms with E-state index >= 15 is 0 Å². The number of fused-ring (bicyclic) bond motifs is 3. The number of phenols is 1. The molecular weight excluding hydrogens is 418 g/mol. The standard InChI is InChI=1S/C19H21NO2S.C4H4O4/c21-15-1-5-17(6-2-15)23-18-7-3-16(4-8-18)22-19-13-20-11-9-14(19)10-12-20;5-3(6)1-2-4(7)8/h1-8,14,19,21H,9-13H2;1-2H,(H,5,6)(H,7,8)/t19-;/m0./s1. The Morgan fingerprint density at radius 2 is 1.42 bits per heavy atom.